The van der Waals surface area contributed by atoms with Crippen molar-refractivity contribution < 1.29 is 14.2 Å². The van der Waals surface area contributed by atoms with E-state index in [1.54, 1.807) is 14.2 Å². The summed E-state index contributed by atoms with van der Waals surface area (Å²) < 4.78 is 16.2. The number of rotatable bonds is 10. The second-order valence-electron chi connectivity index (χ2n) is 4.68. The van der Waals surface area contributed by atoms with Gasteiger partial charge in [-0.15, -0.1) is 0 Å². The molecule has 0 bridgehead atoms. The van der Waals surface area contributed by atoms with Crippen LogP contribution in [0.2, 0.25) is 0 Å². The quantitative estimate of drug-likeness (QED) is 0.670. The van der Waals surface area contributed by atoms with Gasteiger partial charge in [0, 0.05) is 31.3 Å². The molecule has 1 rings (SSSR count). The molecule has 0 fully saturated rings. The monoisotopic (exact) mass is 296 g/mol. The van der Waals surface area contributed by atoms with Crippen molar-refractivity contribution in [2.45, 2.75) is 19.9 Å². The average Bonchev–Trinajstić information content (AvgIpc) is 2.54. The summed E-state index contributed by atoms with van der Waals surface area (Å²) in [6, 6.07) is 5.97. The van der Waals surface area contributed by atoms with E-state index in [-0.39, 0.29) is 6.04 Å². The molecule has 2 N–H and O–H groups in total. The highest BCUT2D eigenvalue weighted by Crippen LogP contribution is 2.32. The van der Waals surface area contributed by atoms with Crippen molar-refractivity contribution in [2.24, 2.45) is 5.73 Å². The minimum Gasteiger partial charge on any atom is -0.497 e. The van der Waals surface area contributed by atoms with E-state index in [2.05, 4.69) is 11.8 Å². The summed E-state index contributed by atoms with van der Waals surface area (Å²) in [5.41, 5.74) is 7.09. The van der Waals surface area contributed by atoms with E-state index < -0.39 is 0 Å². The van der Waals surface area contributed by atoms with Crippen LogP contribution in [0.15, 0.2) is 18.2 Å². The summed E-state index contributed by atoms with van der Waals surface area (Å²) >= 11 is 0. The van der Waals surface area contributed by atoms with Gasteiger partial charge < -0.3 is 19.9 Å². The fourth-order valence-corrected chi connectivity index (χ4v) is 2.43. The summed E-state index contributed by atoms with van der Waals surface area (Å²) in [6.07, 6.45) is 0. The lowest BCUT2D eigenvalue weighted by Gasteiger charge is -2.31. The second kappa shape index (κ2) is 9.60. The highest BCUT2D eigenvalue weighted by atomic mass is 16.5. The van der Waals surface area contributed by atoms with Crippen LogP contribution in [-0.2, 0) is 4.74 Å². The number of likely N-dealkylation sites (N-methyl/N-ethyl adjacent to an activating group) is 1. The molecular formula is C16H28N2O3. The van der Waals surface area contributed by atoms with Crippen LogP contribution in [0.5, 0.6) is 11.5 Å². The zero-order valence-corrected chi connectivity index (χ0v) is 13.6. The Kier molecular flexibility index (Phi) is 8.12. The maximum absolute atomic E-state index is 6.01. The van der Waals surface area contributed by atoms with Crippen molar-refractivity contribution in [2.75, 3.05) is 47.1 Å². The lowest BCUT2D eigenvalue weighted by Crippen LogP contribution is -2.36. The van der Waals surface area contributed by atoms with Gasteiger partial charge in [-0.25, -0.2) is 0 Å². The van der Waals surface area contributed by atoms with Gasteiger partial charge in [0.15, 0.2) is 0 Å². The van der Waals surface area contributed by atoms with Crippen LogP contribution >= 0.6 is 0 Å². The van der Waals surface area contributed by atoms with E-state index in [0.717, 1.165) is 36.8 Å². The molecule has 0 heterocycles. The van der Waals surface area contributed by atoms with Crippen molar-refractivity contribution >= 4 is 0 Å². The molecule has 0 aliphatic rings. The molecule has 120 valence electrons. The highest BCUT2D eigenvalue weighted by Gasteiger charge is 2.21. The maximum Gasteiger partial charge on any atom is 0.127 e. The first-order chi connectivity index (χ1) is 10.2. The van der Waals surface area contributed by atoms with Crippen molar-refractivity contribution in [1.82, 2.24) is 4.90 Å². The molecule has 0 radical (unpaired) electrons. The summed E-state index contributed by atoms with van der Waals surface area (Å²) in [4.78, 5) is 2.31. The Hall–Kier alpha value is -1.30. The topological polar surface area (TPSA) is 57.0 Å². The minimum atomic E-state index is 0.108. The molecular weight excluding hydrogens is 268 g/mol. The molecule has 21 heavy (non-hydrogen) atoms. The van der Waals surface area contributed by atoms with Crippen LogP contribution in [0.1, 0.15) is 25.5 Å². The normalized spacial score (nSPS) is 12.5. The Morgan fingerprint density at radius 1 is 1.19 bits per heavy atom. The van der Waals surface area contributed by atoms with Crippen molar-refractivity contribution in [3.05, 3.63) is 23.8 Å². The smallest absolute Gasteiger partial charge is 0.127 e. The lowest BCUT2D eigenvalue weighted by molar-refractivity contribution is 0.0974. The van der Waals surface area contributed by atoms with E-state index in [1.165, 1.54) is 0 Å². The van der Waals surface area contributed by atoms with E-state index in [1.807, 2.05) is 25.1 Å². The molecule has 1 aromatic carbocycles. The number of benzene rings is 1. The summed E-state index contributed by atoms with van der Waals surface area (Å²) in [5, 5.41) is 0. The van der Waals surface area contributed by atoms with Crippen LogP contribution in [0.4, 0.5) is 0 Å². The molecule has 0 aromatic heterocycles. The number of hydrogen-bond acceptors (Lipinski definition) is 5. The molecule has 0 aliphatic heterocycles. The Labute approximate surface area is 128 Å². The van der Waals surface area contributed by atoms with Gasteiger partial charge in [-0.1, -0.05) is 13.0 Å². The summed E-state index contributed by atoms with van der Waals surface area (Å²) in [7, 11) is 3.32. The lowest BCUT2D eigenvalue weighted by atomic mass is 10.0. The third-order valence-electron chi connectivity index (χ3n) is 3.60. The van der Waals surface area contributed by atoms with Gasteiger partial charge in [0.25, 0.3) is 0 Å². The van der Waals surface area contributed by atoms with Gasteiger partial charge in [-0.3, -0.25) is 4.90 Å². The zero-order chi connectivity index (χ0) is 15.7. The highest BCUT2D eigenvalue weighted by molar-refractivity contribution is 5.42. The number of methoxy groups -OCH3 is 2. The standard InChI is InChI=1S/C16H28N2O3/c1-5-18(9-10-21-6-2)15(12-17)14-8-7-13(19-3)11-16(14)20-4/h7-8,11,15H,5-6,9-10,12,17H2,1-4H3. The van der Waals surface area contributed by atoms with Crippen LogP contribution in [-0.4, -0.2) is 52.0 Å². The van der Waals surface area contributed by atoms with E-state index in [4.69, 9.17) is 19.9 Å². The Morgan fingerprint density at radius 3 is 2.48 bits per heavy atom. The first kappa shape index (κ1) is 17.8. The third kappa shape index (κ3) is 4.88. The SMILES string of the molecule is CCOCCN(CC)C(CN)c1ccc(OC)cc1OC. The molecule has 5 nitrogen and oxygen atoms in total. The van der Waals surface area contributed by atoms with Crippen LogP contribution in [0.3, 0.4) is 0 Å². The molecule has 1 atom stereocenters. The van der Waals surface area contributed by atoms with Gasteiger partial charge in [0.05, 0.1) is 26.9 Å². The van der Waals surface area contributed by atoms with Crippen molar-refractivity contribution in [1.29, 1.82) is 0 Å². The molecule has 1 unspecified atom stereocenters. The summed E-state index contributed by atoms with van der Waals surface area (Å²) in [6.45, 7) is 7.86. The van der Waals surface area contributed by atoms with Crippen LogP contribution < -0.4 is 15.2 Å². The molecule has 1 aromatic rings. The zero-order valence-electron chi connectivity index (χ0n) is 13.6. The number of ether oxygens (including phenoxy) is 3. The molecule has 0 amide bonds. The summed E-state index contributed by atoms with van der Waals surface area (Å²) in [5.74, 6) is 1.59. The Balaban J connectivity index is 2.95. The predicted octanol–water partition coefficient (Wildman–Crippen LogP) is 2.06. The van der Waals surface area contributed by atoms with E-state index >= 15 is 0 Å². The van der Waals surface area contributed by atoms with Gasteiger partial charge in [0.1, 0.15) is 11.5 Å². The molecule has 0 aliphatic carbocycles. The predicted molar refractivity (Wildman–Crippen MR) is 85.1 cm³/mol. The molecule has 0 spiro atoms. The molecule has 0 saturated heterocycles. The Bertz CT molecular complexity index is 413. The number of nitrogens with two attached hydrogens (primary N) is 1. The first-order valence-electron chi connectivity index (χ1n) is 7.45. The third-order valence-corrected chi connectivity index (χ3v) is 3.60. The Morgan fingerprint density at radius 2 is 1.95 bits per heavy atom. The fraction of sp³-hybridized carbons (Fsp3) is 0.625. The number of hydrogen-bond donors (Lipinski definition) is 1. The van der Waals surface area contributed by atoms with Crippen molar-refractivity contribution in [3.8, 4) is 11.5 Å². The minimum absolute atomic E-state index is 0.108. The first-order valence-corrected chi connectivity index (χ1v) is 7.45. The second-order valence-corrected chi connectivity index (χ2v) is 4.68. The van der Waals surface area contributed by atoms with Gasteiger partial charge in [-0.05, 0) is 19.5 Å². The van der Waals surface area contributed by atoms with E-state index in [0.29, 0.717) is 13.2 Å². The van der Waals surface area contributed by atoms with E-state index in [9.17, 15) is 0 Å². The van der Waals surface area contributed by atoms with Crippen LogP contribution in [0.25, 0.3) is 0 Å². The van der Waals surface area contributed by atoms with Gasteiger partial charge >= 0.3 is 0 Å². The van der Waals surface area contributed by atoms with Crippen LogP contribution in [0, 0.1) is 0 Å². The fourth-order valence-electron chi connectivity index (χ4n) is 2.43. The largest absolute Gasteiger partial charge is 0.497 e. The molecule has 0 saturated carbocycles. The average molecular weight is 296 g/mol. The number of nitrogens with zero attached hydrogens (tertiary/aromatic N) is 1. The maximum atomic E-state index is 6.01. The molecule has 5 heteroatoms. The van der Waals surface area contributed by atoms with Gasteiger partial charge in [0.2, 0.25) is 0 Å². The van der Waals surface area contributed by atoms with Crippen molar-refractivity contribution in [3.63, 3.8) is 0 Å². The van der Waals surface area contributed by atoms with Gasteiger partial charge in [-0.2, -0.15) is 0 Å².